The van der Waals surface area contributed by atoms with Crippen LogP contribution in [0.25, 0.3) is 0 Å². The average Bonchev–Trinajstić information content (AvgIpc) is 2.81. The fourth-order valence-electron chi connectivity index (χ4n) is 3.42. The van der Waals surface area contributed by atoms with Crippen molar-refractivity contribution in [1.29, 1.82) is 0 Å². The highest BCUT2D eigenvalue weighted by Crippen LogP contribution is 2.09. The van der Waals surface area contributed by atoms with E-state index in [9.17, 15) is 29.1 Å². The number of carbonyl (C=O) groups is 5. The van der Waals surface area contributed by atoms with Gasteiger partial charge in [-0.1, -0.05) is 30.3 Å². The van der Waals surface area contributed by atoms with Crippen molar-refractivity contribution in [3.05, 3.63) is 35.9 Å². The molecule has 12 nitrogen and oxygen atoms in total. The number of nitrogens with one attached hydrogen (secondary N) is 3. The van der Waals surface area contributed by atoms with Gasteiger partial charge in [-0.3, -0.25) is 19.2 Å². The van der Waals surface area contributed by atoms with Gasteiger partial charge in [0.15, 0.2) is 0 Å². The normalized spacial score (nSPS) is 13.6. The summed E-state index contributed by atoms with van der Waals surface area (Å²) in [5.74, 6) is -4.31. The lowest BCUT2D eigenvalue weighted by atomic mass is 10.0. The fraction of sp³-hybridized carbons (Fsp3) is 0.560. The van der Waals surface area contributed by atoms with Crippen LogP contribution in [0.15, 0.2) is 30.3 Å². The van der Waals surface area contributed by atoms with Crippen LogP contribution in [0.1, 0.15) is 57.9 Å². The molecule has 0 heterocycles. The second kappa shape index (κ2) is 15.6. The SMILES string of the molecule is CC(C)(N)C(=O)N[C@@H](CCCC(=O)O)C(=O)N[C@@H](Cc1ccccc1)C(=O)N[C@@H](CCCCN)C(=O)O. The Bertz CT molecular complexity index is 918. The van der Waals surface area contributed by atoms with Gasteiger partial charge in [-0.15, -0.1) is 0 Å². The molecule has 0 bridgehead atoms. The molecule has 0 aliphatic carbocycles. The molecule has 3 amide bonds. The number of hydrogen-bond donors (Lipinski definition) is 7. The molecule has 0 radical (unpaired) electrons. The van der Waals surface area contributed by atoms with Crippen molar-refractivity contribution in [2.75, 3.05) is 6.54 Å². The molecule has 1 aromatic rings. The van der Waals surface area contributed by atoms with E-state index in [0.717, 1.165) is 0 Å². The topological polar surface area (TPSA) is 214 Å². The Morgan fingerprint density at radius 3 is 1.95 bits per heavy atom. The van der Waals surface area contributed by atoms with E-state index < -0.39 is 53.3 Å². The number of carbonyl (C=O) groups excluding carboxylic acids is 3. The molecule has 1 aromatic carbocycles. The van der Waals surface area contributed by atoms with E-state index in [1.165, 1.54) is 13.8 Å². The summed E-state index contributed by atoms with van der Waals surface area (Å²) < 4.78 is 0. The van der Waals surface area contributed by atoms with Gasteiger partial charge < -0.3 is 37.6 Å². The highest BCUT2D eigenvalue weighted by molar-refractivity contribution is 5.95. The first-order valence-corrected chi connectivity index (χ1v) is 12.2. The number of aliphatic carboxylic acids is 2. The number of carboxylic acid groups (broad SMARTS) is 2. The molecular weight excluding hydrogens is 482 g/mol. The van der Waals surface area contributed by atoms with Crippen LogP contribution in [0.5, 0.6) is 0 Å². The van der Waals surface area contributed by atoms with E-state index in [1.54, 1.807) is 30.3 Å². The van der Waals surface area contributed by atoms with Gasteiger partial charge in [0.05, 0.1) is 5.54 Å². The summed E-state index contributed by atoms with van der Waals surface area (Å²) in [5.41, 5.74) is 10.7. The first-order valence-electron chi connectivity index (χ1n) is 12.2. The van der Waals surface area contributed by atoms with E-state index in [1.807, 2.05) is 0 Å². The van der Waals surface area contributed by atoms with Crippen LogP contribution >= 0.6 is 0 Å². The van der Waals surface area contributed by atoms with Crippen molar-refractivity contribution in [3.8, 4) is 0 Å². The minimum absolute atomic E-state index is 0.00350. The average molecular weight is 522 g/mol. The number of unbranched alkanes of at least 4 members (excludes halogenated alkanes) is 1. The molecule has 12 heteroatoms. The lowest BCUT2D eigenvalue weighted by Gasteiger charge is -2.26. The molecule has 37 heavy (non-hydrogen) atoms. The summed E-state index contributed by atoms with van der Waals surface area (Å²) in [6, 6.07) is 5.35. The number of benzene rings is 1. The lowest BCUT2D eigenvalue weighted by Crippen LogP contribution is -2.59. The van der Waals surface area contributed by atoms with Gasteiger partial charge in [-0.25, -0.2) is 4.79 Å². The van der Waals surface area contributed by atoms with Crippen molar-refractivity contribution in [1.82, 2.24) is 16.0 Å². The van der Waals surface area contributed by atoms with Crippen LogP contribution in [0, 0.1) is 0 Å². The predicted octanol–water partition coefficient (Wildman–Crippen LogP) is -0.111. The maximum atomic E-state index is 13.2. The van der Waals surface area contributed by atoms with E-state index in [4.69, 9.17) is 16.6 Å². The number of hydrogen-bond acceptors (Lipinski definition) is 7. The quantitative estimate of drug-likeness (QED) is 0.136. The third-order valence-electron chi connectivity index (χ3n) is 5.57. The molecule has 0 aliphatic rings. The summed E-state index contributed by atoms with van der Waals surface area (Å²) in [7, 11) is 0. The predicted molar refractivity (Wildman–Crippen MR) is 136 cm³/mol. The number of amides is 3. The molecule has 9 N–H and O–H groups in total. The summed E-state index contributed by atoms with van der Waals surface area (Å²) in [6.07, 6.45) is 1.19. The molecule has 0 unspecified atom stereocenters. The third-order valence-corrected chi connectivity index (χ3v) is 5.57. The number of nitrogens with two attached hydrogens (primary N) is 2. The van der Waals surface area contributed by atoms with Gasteiger partial charge in [0.2, 0.25) is 17.7 Å². The van der Waals surface area contributed by atoms with E-state index in [-0.39, 0.29) is 32.1 Å². The van der Waals surface area contributed by atoms with Crippen LogP contribution in [-0.2, 0) is 30.4 Å². The number of rotatable bonds is 17. The Hall–Kier alpha value is -3.51. The summed E-state index contributed by atoms with van der Waals surface area (Å²) in [5, 5.41) is 26.1. The van der Waals surface area contributed by atoms with Crippen LogP contribution in [-0.4, -0.2) is 70.1 Å². The maximum absolute atomic E-state index is 13.2. The first kappa shape index (κ1) is 31.5. The Morgan fingerprint density at radius 2 is 1.41 bits per heavy atom. The molecule has 0 saturated carbocycles. The van der Waals surface area contributed by atoms with Crippen LogP contribution in [0.3, 0.4) is 0 Å². The standard InChI is InChI=1S/C25H39N5O7/c1-25(2,27)24(37)30-17(12-8-13-20(31)32)21(33)29-19(15-16-9-4-3-5-10-16)22(34)28-18(23(35)36)11-6-7-14-26/h3-5,9-10,17-19H,6-8,11-15,26-27H2,1-2H3,(H,28,34)(H,29,33)(H,30,37)(H,31,32)(H,35,36)/t17-,18-,19-/m0/s1. The lowest BCUT2D eigenvalue weighted by molar-refractivity contribution is -0.142. The maximum Gasteiger partial charge on any atom is 0.326 e. The minimum Gasteiger partial charge on any atom is -0.481 e. The Kier molecular flexibility index (Phi) is 13.3. The Labute approximate surface area is 216 Å². The van der Waals surface area contributed by atoms with E-state index in [2.05, 4.69) is 16.0 Å². The smallest absolute Gasteiger partial charge is 0.326 e. The third kappa shape index (κ3) is 12.3. The van der Waals surface area contributed by atoms with Crippen LogP contribution in [0.4, 0.5) is 0 Å². The highest BCUT2D eigenvalue weighted by Gasteiger charge is 2.32. The molecule has 0 fully saturated rings. The Morgan fingerprint density at radius 1 is 0.838 bits per heavy atom. The molecule has 206 valence electrons. The second-order valence-corrected chi connectivity index (χ2v) is 9.47. The second-order valence-electron chi connectivity index (χ2n) is 9.47. The summed E-state index contributed by atoms with van der Waals surface area (Å²) >= 11 is 0. The van der Waals surface area contributed by atoms with E-state index in [0.29, 0.717) is 24.9 Å². The zero-order valence-corrected chi connectivity index (χ0v) is 21.4. The van der Waals surface area contributed by atoms with Crippen molar-refractivity contribution in [3.63, 3.8) is 0 Å². The van der Waals surface area contributed by atoms with Crippen molar-refractivity contribution >= 4 is 29.7 Å². The Balaban J connectivity index is 3.12. The van der Waals surface area contributed by atoms with Crippen molar-refractivity contribution < 1.29 is 34.2 Å². The van der Waals surface area contributed by atoms with Gasteiger partial charge in [0, 0.05) is 12.8 Å². The van der Waals surface area contributed by atoms with Gasteiger partial charge >= 0.3 is 11.9 Å². The molecule has 0 saturated heterocycles. The van der Waals surface area contributed by atoms with E-state index >= 15 is 0 Å². The molecule has 0 aromatic heterocycles. The summed E-state index contributed by atoms with van der Waals surface area (Å²) in [4.78, 5) is 61.4. The van der Waals surface area contributed by atoms with Crippen molar-refractivity contribution in [2.45, 2.75) is 82.5 Å². The molecule has 0 aliphatic heterocycles. The van der Waals surface area contributed by atoms with Gasteiger partial charge in [-0.2, -0.15) is 0 Å². The zero-order chi connectivity index (χ0) is 28.0. The highest BCUT2D eigenvalue weighted by atomic mass is 16.4. The van der Waals surface area contributed by atoms with Crippen LogP contribution in [0.2, 0.25) is 0 Å². The molecule has 1 rings (SSSR count). The zero-order valence-electron chi connectivity index (χ0n) is 21.4. The fourth-order valence-corrected chi connectivity index (χ4v) is 3.42. The summed E-state index contributed by atoms with van der Waals surface area (Å²) in [6.45, 7) is 3.30. The minimum atomic E-state index is -1.30. The molecule has 0 spiro atoms. The first-order chi connectivity index (χ1) is 17.3. The molecule has 3 atom stereocenters. The molecular formula is C25H39N5O7. The van der Waals surface area contributed by atoms with Crippen molar-refractivity contribution in [2.24, 2.45) is 11.5 Å². The van der Waals surface area contributed by atoms with Crippen LogP contribution < -0.4 is 27.4 Å². The number of carboxylic acids is 2. The van der Waals surface area contributed by atoms with Gasteiger partial charge in [-0.05, 0) is 58.1 Å². The van der Waals surface area contributed by atoms with Gasteiger partial charge in [0.1, 0.15) is 18.1 Å². The largest absolute Gasteiger partial charge is 0.481 e. The monoisotopic (exact) mass is 521 g/mol. The van der Waals surface area contributed by atoms with Gasteiger partial charge in [0.25, 0.3) is 0 Å².